The number of tetrazole rings is 1. The van der Waals surface area contributed by atoms with E-state index in [0.717, 1.165) is 36.1 Å². The summed E-state index contributed by atoms with van der Waals surface area (Å²) in [4.78, 5) is 0. The Balaban J connectivity index is 1.41. The summed E-state index contributed by atoms with van der Waals surface area (Å²) in [7, 11) is 0. The van der Waals surface area contributed by atoms with Crippen molar-refractivity contribution < 1.29 is 0 Å². The lowest BCUT2D eigenvalue weighted by Crippen LogP contribution is -2.15. The zero-order chi connectivity index (χ0) is 16.6. The van der Waals surface area contributed by atoms with Gasteiger partial charge in [-0.15, -0.1) is 5.10 Å². The maximum Gasteiger partial charge on any atom is 0.214 e. The van der Waals surface area contributed by atoms with Crippen LogP contribution in [0.2, 0.25) is 0 Å². The summed E-state index contributed by atoms with van der Waals surface area (Å²) >= 11 is 1.68. The number of thioether (sulfide) groups is 1. The Labute approximate surface area is 146 Å². The molecule has 24 heavy (non-hydrogen) atoms. The highest BCUT2D eigenvalue weighted by molar-refractivity contribution is 7.99. The largest absolute Gasteiger partial charge is 0.313 e. The number of benzene rings is 2. The second-order valence-electron chi connectivity index (χ2n) is 5.58. The number of rotatable bonds is 8. The number of nitrogens with one attached hydrogen (secondary N) is 1. The number of aryl methyl sites for hydroxylation is 1. The van der Waals surface area contributed by atoms with Crippen LogP contribution >= 0.6 is 11.8 Å². The van der Waals surface area contributed by atoms with Gasteiger partial charge in [0.15, 0.2) is 0 Å². The van der Waals surface area contributed by atoms with E-state index in [-0.39, 0.29) is 0 Å². The summed E-state index contributed by atoms with van der Waals surface area (Å²) in [6.07, 6.45) is 1.07. The Kier molecular flexibility index (Phi) is 5.98. The molecule has 0 aliphatic rings. The zero-order valence-corrected chi connectivity index (χ0v) is 14.5. The zero-order valence-electron chi connectivity index (χ0n) is 13.7. The fourth-order valence-electron chi connectivity index (χ4n) is 2.42. The number of para-hydroxylation sites is 1. The van der Waals surface area contributed by atoms with Gasteiger partial charge in [-0.1, -0.05) is 59.8 Å². The van der Waals surface area contributed by atoms with E-state index >= 15 is 0 Å². The minimum Gasteiger partial charge on any atom is -0.313 e. The molecular weight excluding hydrogens is 318 g/mol. The molecule has 6 heteroatoms. The third-order valence-corrected chi connectivity index (χ3v) is 4.59. The molecule has 0 bridgehead atoms. The van der Waals surface area contributed by atoms with Crippen LogP contribution in [0.3, 0.4) is 0 Å². The van der Waals surface area contributed by atoms with Crippen molar-refractivity contribution in [2.24, 2.45) is 0 Å². The normalized spacial score (nSPS) is 10.9. The van der Waals surface area contributed by atoms with Crippen LogP contribution in [0.4, 0.5) is 0 Å². The predicted molar refractivity (Wildman–Crippen MR) is 97.4 cm³/mol. The fraction of sp³-hybridized carbons (Fsp3) is 0.278. The van der Waals surface area contributed by atoms with Crippen LogP contribution in [-0.4, -0.2) is 32.5 Å². The van der Waals surface area contributed by atoms with Gasteiger partial charge in [0, 0.05) is 12.3 Å². The van der Waals surface area contributed by atoms with Gasteiger partial charge in [-0.2, -0.15) is 4.68 Å². The van der Waals surface area contributed by atoms with Crippen molar-refractivity contribution in [3.63, 3.8) is 0 Å². The van der Waals surface area contributed by atoms with E-state index in [1.165, 1.54) is 11.1 Å². The van der Waals surface area contributed by atoms with Crippen LogP contribution < -0.4 is 5.32 Å². The van der Waals surface area contributed by atoms with Crippen LogP contribution in [0, 0.1) is 6.92 Å². The lowest BCUT2D eigenvalue weighted by Gasteiger charge is -2.06. The molecule has 1 N–H and O–H groups in total. The molecular formula is C18H21N5S. The average Bonchev–Trinajstić information content (AvgIpc) is 3.07. The van der Waals surface area contributed by atoms with Crippen LogP contribution in [0.1, 0.15) is 17.5 Å². The van der Waals surface area contributed by atoms with Crippen molar-refractivity contribution in [1.82, 2.24) is 25.5 Å². The average molecular weight is 339 g/mol. The van der Waals surface area contributed by atoms with Crippen LogP contribution in [0.5, 0.6) is 0 Å². The van der Waals surface area contributed by atoms with E-state index in [2.05, 4.69) is 52.0 Å². The molecule has 5 nitrogen and oxygen atoms in total. The molecule has 1 aromatic heterocycles. The van der Waals surface area contributed by atoms with Gasteiger partial charge in [-0.05, 0) is 48.0 Å². The van der Waals surface area contributed by atoms with Crippen molar-refractivity contribution in [1.29, 1.82) is 0 Å². The lowest BCUT2D eigenvalue weighted by atomic mass is 10.1. The lowest BCUT2D eigenvalue weighted by molar-refractivity contribution is 0.677. The Hall–Kier alpha value is -2.18. The first-order valence-corrected chi connectivity index (χ1v) is 9.04. The van der Waals surface area contributed by atoms with Gasteiger partial charge in [0.25, 0.3) is 0 Å². The summed E-state index contributed by atoms with van der Waals surface area (Å²) in [5, 5.41) is 16.3. The Bertz CT molecular complexity index is 757. The monoisotopic (exact) mass is 339 g/mol. The molecule has 0 aliphatic carbocycles. The smallest absolute Gasteiger partial charge is 0.214 e. The van der Waals surface area contributed by atoms with Gasteiger partial charge >= 0.3 is 0 Å². The molecule has 0 saturated heterocycles. The Morgan fingerprint density at radius 2 is 1.96 bits per heavy atom. The summed E-state index contributed by atoms with van der Waals surface area (Å²) in [5.74, 6) is 0.980. The molecule has 0 aliphatic heterocycles. The summed E-state index contributed by atoms with van der Waals surface area (Å²) in [6, 6.07) is 18.6. The number of hydrogen-bond acceptors (Lipinski definition) is 5. The van der Waals surface area contributed by atoms with E-state index in [1.807, 2.05) is 30.3 Å². The SMILES string of the molecule is Cc1cccc(CNCCCSc2nnnn2-c2ccccc2)c1. The first-order chi connectivity index (χ1) is 11.8. The third-order valence-electron chi connectivity index (χ3n) is 3.58. The summed E-state index contributed by atoms with van der Waals surface area (Å²) in [5.41, 5.74) is 3.62. The minimum absolute atomic E-state index is 0.833. The molecule has 124 valence electrons. The van der Waals surface area contributed by atoms with Crippen LogP contribution in [0.15, 0.2) is 59.8 Å². The number of hydrogen-bond donors (Lipinski definition) is 1. The van der Waals surface area contributed by atoms with Gasteiger partial charge in [-0.3, -0.25) is 0 Å². The van der Waals surface area contributed by atoms with E-state index in [9.17, 15) is 0 Å². The standard InChI is InChI=1S/C18H21N5S/c1-15-7-5-8-16(13-15)14-19-11-6-12-24-18-20-21-22-23(18)17-9-3-2-4-10-17/h2-5,7-10,13,19H,6,11-12,14H2,1H3. The molecule has 0 fully saturated rings. The molecule has 3 aromatic rings. The summed E-state index contributed by atoms with van der Waals surface area (Å²) < 4.78 is 1.78. The summed E-state index contributed by atoms with van der Waals surface area (Å²) in [6.45, 7) is 4.01. The van der Waals surface area contributed by atoms with Crippen molar-refractivity contribution >= 4 is 11.8 Å². The highest BCUT2D eigenvalue weighted by Gasteiger charge is 2.07. The van der Waals surface area contributed by atoms with E-state index in [1.54, 1.807) is 16.4 Å². The van der Waals surface area contributed by atoms with Gasteiger partial charge in [0.1, 0.15) is 0 Å². The van der Waals surface area contributed by atoms with Crippen LogP contribution in [-0.2, 0) is 6.54 Å². The van der Waals surface area contributed by atoms with Crippen molar-refractivity contribution in [3.05, 3.63) is 65.7 Å². The number of nitrogens with zero attached hydrogens (tertiary/aromatic N) is 4. The van der Waals surface area contributed by atoms with E-state index < -0.39 is 0 Å². The van der Waals surface area contributed by atoms with Gasteiger partial charge < -0.3 is 5.32 Å². The Morgan fingerprint density at radius 3 is 2.79 bits per heavy atom. The molecule has 3 rings (SSSR count). The van der Waals surface area contributed by atoms with Gasteiger partial charge in [0.2, 0.25) is 5.16 Å². The minimum atomic E-state index is 0.833. The molecule has 0 atom stereocenters. The van der Waals surface area contributed by atoms with Gasteiger partial charge in [0.05, 0.1) is 5.69 Å². The van der Waals surface area contributed by atoms with Gasteiger partial charge in [-0.25, -0.2) is 0 Å². The molecule has 0 saturated carbocycles. The maximum absolute atomic E-state index is 4.11. The van der Waals surface area contributed by atoms with E-state index in [0.29, 0.717) is 0 Å². The van der Waals surface area contributed by atoms with Crippen molar-refractivity contribution in [2.45, 2.75) is 25.0 Å². The first kappa shape index (κ1) is 16.7. The second kappa shape index (κ2) is 8.61. The van der Waals surface area contributed by atoms with Crippen LogP contribution in [0.25, 0.3) is 5.69 Å². The fourth-order valence-corrected chi connectivity index (χ4v) is 3.25. The number of aromatic nitrogens is 4. The molecule has 0 amide bonds. The maximum atomic E-state index is 4.11. The van der Waals surface area contributed by atoms with Crippen molar-refractivity contribution in [2.75, 3.05) is 12.3 Å². The highest BCUT2D eigenvalue weighted by atomic mass is 32.2. The quantitative estimate of drug-likeness (QED) is 0.504. The third kappa shape index (κ3) is 4.66. The Morgan fingerprint density at radius 1 is 1.08 bits per heavy atom. The molecule has 0 unspecified atom stereocenters. The van der Waals surface area contributed by atoms with Crippen molar-refractivity contribution in [3.8, 4) is 5.69 Å². The first-order valence-electron chi connectivity index (χ1n) is 8.06. The molecule has 0 spiro atoms. The molecule has 2 aromatic carbocycles. The molecule has 0 radical (unpaired) electrons. The van der Waals surface area contributed by atoms with E-state index in [4.69, 9.17) is 0 Å². The topological polar surface area (TPSA) is 55.6 Å². The highest BCUT2D eigenvalue weighted by Crippen LogP contribution is 2.18. The molecule has 1 heterocycles. The predicted octanol–water partition coefficient (Wildman–Crippen LogP) is 3.24. The second-order valence-corrected chi connectivity index (χ2v) is 6.64.